The average molecular weight is 253 g/mol. The molecule has 1 rings (SSSR count). The van der Waals surface area contributed by atoms with Crippen LogP contribution in [0.15, 0.2) is 27.6 Å². The number of carboxylic acid groups (broad SMARTS) is 1. The van der Waals surface area contributed by atoms with Crippen LogP contribution in [0.5, 0.6) is 0 Å². The van der Waals surface area contributed by atoms with E-state index in [1.165, 1.54) is 12.1 Å². The Morgan fingerprint density at radius 1 is 1.44 bits per heavy atom. The molecule has 18 heavy (non-hydrogen) atoms. The van der Waals surface area contributed by atoms with Crippen LogP contribution in [-0.4, -0.2) is 23.5 Å². The smallest absolute Gasteiger partial charge is 0.335 e. The van der Waals surface area contributed by atoms with Crippen LogP contribution >= 0.6 is 0 Å². The summed E-state index contributed by atoms with van der Waals surface area (Å²) < 4.78 is 4.57. The first-order valence-electron chi connectivity index (χ1n) is 5.58. The summed E-state index contributed by atoms with van der Waals surface area (Å²) in [4.78, 5) is 32.7. The molecule has 98 valence electrons. The summed E-state index contributed by atoms with van der Waals surface area (Å²) in [5.74, 6) is -1.13. The molecule has 6 heteroatoms. The van der Waals surface area contributed by atoms with Crippen molar-refractivity contribution in [1.29, 1.82) is 0 Å². The molecule has 1 unspecified atom stereocenters. The molecule has 0 aliphatic rings. The number of amides is 1. The molecule has 1 aromatic heterocycles. The van der Waals surface area contributed by atoms with E-state index in [2.05, 4.69) is 9.73 Å². The van der Waals surface area contributed by atoms with E-state index in [1.807, 2.05) is 6.92 Å². The number of carbonyl (C=O) groups is 2. The third-order valence-electron chi connectivity index (χ3n) is 2.43. The van der Waals surface area contributed by atoms with E-state index in [4.69, 9.17) is 5.11 Å². The van der Waals surface area contributed by atoms with Crippen LogP contribution in [0.4, 0.5) is 0 Å². The van der Waals surface area contributed by atoms with Gasteiger partial charge in [0, 0.05) is 19.0 Å². The third-order valence-corrected chi connectivity index (χ3v) is 2.43. The zero-order chi connectivity index (χ0) is 13.5. The minimum Gasteiger partial charge on any atom is -0.481 e. The largest absolute Gasteiger partial charge is 0.481 e. The highest BCUT2D eigenvalue weighted by molar-refractivity contribution is 5.93. The minimum absolute atomic E-state index is 0.0702. The fourth-order valence-corrected chi connectivity index (χ4v) is 1.33. The fraction of sp³-hybridized carbons (Fsp3) is 0.417. The van der Waals surface area contributed by atoms with E-state index in [0.717, 1.165) is 6.26 Å². The predicted octanol–water partition coefficient (Wildman–Crippen LogP) is 0.870. The second-order valence-corrected chi connectivity index (χ2v) is 4.09. The van der Waals surface area contributed by atoms with Gasteiger partial charge in [-0.3, -0.25) is 9.59 Å². The molecule has 6 nitrogen and oxygen atoms in total. The van der Waals surface area contributed by atoms with Crippen molar-refractivity contribution in [2.24, 2.45) is 5.92 Å². The molecular weight excluding hydrogens is 238 g/mol. The van der Waals surface area contributed by atoms with E-state index >= 15 is 0 Å². The van der Waals surface area contributed by atoms with Crippen molar-refractivity contribution in [1.82, 2.24) is 5.32 Å². The highest BCUT2D eigenvalue weighted by Crippen LogP contribution is 2.04. The Bertz CT molecular complexity index is 459. The van der Waals surface area contributed by atoms with Crippen molar-refractivity contribution < 1.29 is 19.1 Å². The lowest BCUT2D eigenvalue weighted by molar-refractivity contribution is -0.137. The van der Waals surface area contributed by atoms with Crippen molar-refractivity contribution in [3.63, 3.8) is 0 Å². The highest BCUT2D eigenvalue weighted by Gasteiger charge is 2.09. The Labute approximate surface area is 104 Å². The summed E-state index contributed by atoms with van der Waals surface area (Å²) in [5.41, 5.74) is -0.249. The van der Waals surface area contributed by atoms with Gasteiger partial charge in [-0.2, -0.15) is 0 Å². The van der Waals surface area contributed by atoms with Crippen LogP contribution in [0.2, 0.25) is 0 Å². The van der Waals surface area contributed by atoms with E-state index in [0.29, 0.717) is 13.0 Å². The summed E-state index contributed by atoms with van der Waals surface area (Å²) >= 11 is 0. The SMILES string of the molecule is CC(CCC(=O)O)CNC(=O)c1ccc(=O)oc1. The van der Waals surface area contributed by atoms with E-state index in [-0.39, 0.29) is 23.8 Å². The first-order chi connectivity index (χ1) is 8.49. The van der Waals surface area contributed by atoms with Crippen molar-refractivity contribution in [2.75, 3.05) is 6.54 Å². The Morgan fingerprint density at radius 2 is 2.17 bits per heavy atom. The van der Waals surface area contributed by atoms with Crippen molar-refractivity contribution in [2.45, 2.75) is 19.8 Å². The van der Waals surface area contributed by atoms with Crippen LogP contribution in [0.25, 0.3) is 0 Å². The normalized spacial score (nSPS) is 11.8. The van der Waals surface area contributed by atoms with Crippen molar-refractivity contribution in [3.05, 3.63) is 34.4 Å². The molecule has 1 aromatic rings. The lowest BCUT2D eigenvalue weighted by atomic mass is 10.1. The van der Waals surface area contributed by atoms with Gasteiger partial charge in [-0.25, -0.2) is 4.79 Å². The molecule has 0 radical (unpaired) electrons. The predicted molar refractivity (Wildman–Crippen MR) is 63.3 cm³/mol. The van der Waals surface area contributed by atoms with Crippen LogP contribution in [0.1, 0.15) is 30.1 Å². The second kappa shape index (κ2) is 6.58. The maximum atomic E-state index is 11.6. The molecule has 0 aliphatic heterocycles. The van der Waals surface area contributed by atoms with Gasteiger partial charge in [0.25, 0.3) is 5.91 Å². The summed E-state index contributed by atoms with van der Waals surface area (Å²) in [6.45, 7) is 2.24. The quantitative estimate of drug-likeness (QED) is 0.784. The van der Waals surface area contributed by atoms with E-state index in [9.17, 15) is 14.4 Å². The van der Waals surface area contributed by atoms with E-state index < -0.39 is 11.6 Å². The second-order valence-electron chi connectivity index (χ2n) is 4.09. The van der Waals surface area contributed by atoms with Gasteiger partial charge in [0.1, 0.15) is 6.26 Å². The molecular formula is C12H15NO5. The molecule has 0 bridgehead atoms. The third kappa shape index (κ3) is 4.82. The van der Waals surface area contributed by atoms with Gasteiger partial charge in [-0.1, -0.05) is 6.92 Å². The number of hydrogen-bond acceptors (Lipinski definition) is 4. The Hall–Kier alpha value is -2.11. The molecule has 0 aromatic carbocycles. The number of aliphatic carboxylic acids is 1. The maximum absolute atomic E-state index is 11.6. The summed E-state index contributed by atoms with van der Waals surface area (Å²) in [6.07, 6.45) is 1.68. The lowest BCUT2D eigenvalue weighted by Crippen LogP contribution is -2.28. The zero-order valence-electron chi connectivity index (χ0n) is 10.0. The van der Waals surface area contributed by atoms with Gasteiger partial charge in [-0.05, 0) is 18.4 Å². The first-order valence-corrected chi connectivity index (χ1v) is 5.58. The standard InChI is InChI=1S/C12H15NO5/c1-8(2-4-10(14)15)6-13-12(17)9-3-5-11(16)18-7-9/h3,5,7-8H,2,4,6H2,1H3,(H,13,17)(H,14,15). The van der Waals surface area contributed by atoms with Crippen molar-refractivity contribution in [3.8, 4) is 0 Å². The van der Waals surface area contributed by atoms with Gasteiger partial charge < -0.3 is 14.8 Å². The first kappa shape index (κ1) is 14.0. The maximum Gasteiger partial charge on any atom is 0.335 e. The molecule has 0 aliphatic carbocycles. The average Bonchev–Trinajstić information content (AvgIpc) is 2.34. The number of hydrogen-bond donors (Lipinski definition) is 2. The monoisotopic (exact) mass is 253 g/mol. The van der Waals surface area contributed by atoms with Gasteiger partial charge in [0.15, 0.2) is 0 Å². The number of carbonyl (C=O) groups excluding carboxylic acids is 1. The number of nitrogens with one attached hydrogen (secondary N) is 1. The minimum atomic E-state index is -0.849. The molecule has 0 saturated heterocycles. The number of carboxylic acids is 1. The molecule has 0 saturated carbocycles. The van der Waals surface area contributed by atoms with E-state index in [1.54, 1.807) is 0 Å². The van der Waals surface area contributed by atoms with Crippen molar-refractivity contribution >= 4 is 11.9 Å². The highest BCUT2D eigenvalue weighted by atomic mass is 16.4. The van der Waals surface area contributed by atoms with Crippen LogP contribution < -0.4 is 10.9 Å². The zero-order valence-corrected chi connectivity index (χ0v) is 10.0. The van der Waals surface area contributed by atoms with Gasteiger partial charge in [0.2, 0.25) is 0 Å². The molecule has 1 amide bonds. The summed E-state index contributed by atoms with van der Waals surface area (Å²) in [5, 5.41) is 11.2. The summed E-state index contributed by atoms with van der Waals surface area (Å²) in [6, 6.07) is 2.55. The number of rotatable bonds is 6. The van der Waals surface area contributed by atoms with Crippen LogP contribution in [0, 0.1) is 5.92 Å². The lowest BCUT2D eigenvalue weighted by Gasteiger charge is -2.11. The molecule has 2 N–H and O–H groups in total. The van der Waals surface area contributed by atoms with Crippen LogP contribution in [0.3, 0.4) is 0 Å². The molecule has 1 atom stereocenters. The molecule has 0 fully saturated rings. The summed E-state index contributed by atoms with van der Waals surface area (Å²) in [7, 11) is 0. The Kier molecular flexibility index (Phi) is 5.10. The van der Waals surface area contributed by atoms with Gasteiger partial charge in [0.05, 0.1) is 5.56 Å². The molecule has 0 spiro atoms. The Balaban J connectivity index is 2.39. The fourth-order valence-electron chi connectivity index (χ4n) is 1.33. The van der Waals surface area contributed by atoms with Gasteiger partial charge >= 0.3 is 11.6 Å². The topological polar surface area (TPSA) is 96.6 Å². The van der Waals surface area contributed by atoms with Crippen LogP contribution in [-0.2, 0) is 4.79 Å². The van der Waals surface area contributed by atoms with Gasteiger partial charge in [-0.15, -0.1) is 0 Å². The molecule has 1 heterocycles. The Morgan fingerprint density at radius 3 is 2.72 bits per heavy atom.